The number of unbranched alkanes of at least 4 members (excludes halogenated alkanes) is 6. The predicted molar refractivity (Wildman–Crippen MR) is 126 cm³/mol. The van der Waals surface area contributed by atoms with Gasteiger partial charge in [-0.3, -0.25) is 9.05 Å². The van der Waals surface area contributed by atoms with E-state index in [4.69, 9.17) is 23.3 Å². The van der Waals surface area contributed by atoms with Gasteiger partial charge in [0.25, 0.3) is 0 Å². The van der Waals surface area contributed by atoms with Gasteiger partial charge < -0.3 is 54.8 Å². The van der Waals surface area contributed by atoms with Crippen LogP contribution in [0.25, 0.3) is 0 Å². The Morgan fingerprint density at radius 3 is 1.95 bits per heavy atom. The molecule has 2 aliphatic rings. The molecule has 0 bridgehead atoms. The van der Waals surface area contributed by atoms with Gasteiger partial charge in [-0.25, -0.2) is 4.57 Å². The van der Waals surface area contributed by atoms with Gasteiger partial charge in [-0.1, -0.05) is 31.8 Å². The lowest BCUT2D eigenvalue weighted by Gasteiger charge is -2.45. The zero-order valence-corrected chi connectivity index (χ0v) is 21.5. The molecule has 1 unspecified atom stereocenters. The van der Waals surface area contributed by atoms with Crippen molar-refractivity contribution in [3.8, 4) is 0 Å². The lowest BCUT2D eigenvalue weighted by molar-refractivity contribution is -0.353. The van der Waals surface area contributed by atoms with E-state index in [2.05, 4.69) is 6.58 Å². The van der Waals surface area contributed by atoms with Crippen molar-refractivity contribution < 1.29 is 68.5 Å². The lowest BCUT2D eigenvalue weighted by Crippen LogP contribution is -2.64. The van der Waals surface area contributed by atoms with Crippen molar-refractivity contribution in [1.29, 1.82) is 0 Å². The van der Waals surface area contributed by atoms with Crippen LogP contribution >= 0.6 is 7.82 Å². The van der Waals surface area contributed by atoms with Crippen molar-refractivity contribution in [2.45, 2.75) is 106 Å². The lowest BCUT2D eigenvalue weighted by atomic mass is 9.97. The van der Waals surface area contributed by atoms with Crippen LogP contribution in [0, 0.1) is 0 Å². The average Bonchev–Trinajstić information content (AvgIpc) is 2.87. The summed E-state index contributed by atoms with van der Waals surface area (Å²) in [4.78, 5) is 10.0. The van der Waals surface area contributed by atoms with Crippen molar-refractivity contribution in [3.63, 3.8) is 0 Å². The number of aliphatic hydroxyl groups excluding tert-OH is 7. The molecule has 2 aliphatic heterocycles. The van der Waals surface area contributed by atoms with Gasteiger partial charge in [-0.2, -0.15) is 0 Å². The molecule has 0 amide bonds. The van der Waals surface area contributed by atoms with E-state index >= 15 is 0 Å². The molecule has 2 rings (SSSR count). The summed E-state index contributed by atoms with van der Waals surface area (Å²) < 4.78 is 38.1. The number of phosphoric acid groups is 1. The Morgan fingerprint density at radius 2 is 1.32 bits per heavy atom. The molecule has 0 aliphatic carbocycles. The molecule has 0 saturated carbocycles. The maximum Gasteiger partial charge on any atom is 0.474 e. The number of hydrogen-bond donors (Lipinski definition) is 8. The quantitative estimate of drug-likeness (QED) is 0.0621. The molecule has 218 valence electrons. The zero-order valence-electron chi connectivity index (χ0n) is 20.6. The molecule has 2 heterocycles. The van der Waals surface area contributed by atoms with E-state index in [0.717, 1.165) is 38.5 Å². The highest BCUT2D eigenvalue weighted by atomic mass is 31.2. The van der Waals surface area contributed by atoms with Crippen LogP contribution in [0.3, 0.4) is 0 Å². The summed E-state index contributed by atoms with van der Waals surface area (Å²) in [5.74, 6) is 0. The van der Waals surface area contributed by atoms with Crippen LogP contribution in [-0.4, -0.2) is 122 Å². The first-order valence-corrected chi connectivity index (χ1v) is 13.9. The van der Waals surface area contributed by atoms with E-state index in [-0.39, 0.29) is 6.61 Å². The largest absolute Gasteiger partial charge is 0.474 e. The second-order valence-electron chi connectivity index (χ2n) is 9.11. The third-order valence-corrected chi connectivity index (χ3v) is 7.24. The number of rotatable bonds is 16. The Hall–Kier alpha value is -0.550. The van der Waals surface area contributed by atoms with Crippen LogP contribution in [0.4, 0.5) is 0 Å². The van der Waals surface area contributed by atoms with Crippen molar-refractivity contribution in [1.82, 2.24) is 0 Å². The molecule has 0 aromatic rings. The number of phosphoric ester groups is 1. The molecular formula is C22H41O14P. The minimum atomic E-state index is -4.71. The van der Waals surface area contributed by atoms with Crippen LogP contribution in [-0.2, 0) is 27.8 Å². The van der Waals surface area contributed by atoms with E-state index in [0.29, 0.717) is 6.42 Å². The summed E-state index contributed by atoms with van der Waals surface area (Å²) in [6, 6.07) is 0. The summed E-state index contributed by atoms with van der Waals surface area (Å²) in [7, 11) is -4.71. The minimum Gasteiger partial charge on any atom is -0.394 e. The van der Waals surface area contributed by atoms with Crippen molar-refractivity contribution in [2.24, 2.45) is 0 Å². The fourth-order valence-electron chi connectivity index (χ4n) is 4.08. The highest BCUT2D eigenvalue weighted by Crippen LogP contribution is 2.47. The molecule has 0 aromatic heterocycles. The van der Waals surface area contributed by atoms with Crippen molar-refractivity contribution in [2.75, 3.05) is 19.8 Å². The van der Waals surface area contributed by atoms with Gasteiger partial charge in [0.2, 0.25) is 0 Å². The van der Waals surface area contributed by atoms with E-state index in [1.807, 2.05) is 6.08 Å². The molecule has 0 aromatic carbocycles. The molecule has 2 saturated heterocycles. The number of allylic oxidation sites excluding steroid dienone is 1. The van der Waals surface area contributed by atoms with Crippen molar-refractivity contribution >= 4 is 7.82 Å². The molecule has 37 heavy (non-hydrogen) atoms. The van der Waals surface area contributed by atoms with Gasteiger partial charge in [-0.05, 0) is 19.3 Å². The smallest absolute Gasteiger partial charge is 0.394 e. The van der Waals surface area contributed by atoms with Gasteiger partial charge in [-0.15, -0.1) is 6.58 Å². The van der Waals surface area contributed by atoms with Crippen LogP contribution in [0.1, 0.15) is 44.9 Å². The van der Waals surface area contributed by atoms with Gasteiger partial charge in [0.1, 0.15) is 48.8 Å². The highest BCUT2D eigenvalue weighted by molar-refractivity contribution is 7.47. The number of ether oxygens (including phenoxy) is 3. The van der Waals surface area contributed by atoms with Gasteiger partial charge in [0.15, 0.2) is 12.6 Å². The van der Waals surface area contributed by atoms with Crippen LogP contribution < -0.4 is 0 Å². The fraction of sp³-hybridized carbons (Fsp3) is 0.909. The van der Waals surface area contributed by atoms with Gasteiger partial charge in [0.05, 0.1) is 19.8 Å². The SMILES string of the molecule is C=CCCCCCCCCOP(=O)(O)O[C@H]1O[C@H](CO)[C@@H](O[C@@H]2O[C@H](CO)[C@@H](O)[C@H](O)[C@H]2O)[C@H](O)[C@@H]1O. The van der Waals surface area contributed by atoms with Crippen LogP contribution in [0.15, 0.2) is 12.7 Å². The number of hydrogen-bond acceptors (Lipinski definition) is 13. The molecule has 2 fully saturated rings. The first-order valence-electron chi connectivity index (χ1n) is 12.4. The molecule has 15 heteroatoms. The normalized spacial score (nSPS) is 38.3. The zero-order chi connectivity index (χ0) is 27.6. The summed E-state index contributed by atoms with van der Waals surface area (Å²) in [6.45, 7) is 2.05. The maximum atomic E-state index is 12.3. The Balaban J connectivity index is 1.87. The Labute approximate surface area is 215 Å². The molecule has 0 radical (unpaired) electrons. The number of aliphatic hydroxyl groups is 7. The van der Waals surface area contributed by atoms with Gasteiger partial charge in [0, 0.05) is 0 Å². The van der Waals surface area contributed by atoms with E-state index in [1.54, 1.807) is 0 Å². The third-order valence-electron chi connectivity index (χ3n) is 6.25. The van der Waals surface area contributed by atoms with Gasteiger partial charge >= 0.3 is 7.82 Å². The molecule has 0 spiro atoms. The molecule has 8 N–H and O–H groups in total. The monoisotopic (exact) mass is 560 g/mol. The fourth-order valence-corrected chi connectivity index (χ4v) is 4.94. The van der Waals surface area contributed by atoms with E-state index in [1.165, 1.54) is 0 Å². The standard InChI is InChI=1S/C22H41O14P/c1-2-3-4-5-6-7-8-9-10-32-37(30,31)36-22-19(29)17(27)20(14(12-24)34-22)35-21-18(28)16(26)15(25)13(11-23)33-21/h2,13-29H,1,3-12H2,(H,30,31)/t13-,14-,15-,16+,17-,18-,19+,20-,21+,22-/m1/s1. The predicted octanol–water partition coefficient (Wildman–Crippen LogP) is -1.34. The van der Waals surface area contributed by atoms with Crippen LogP contribution in [0.5, 0.6) is 0 Å². The highest BCUT2D eigenvalue weighted by Gasteiger charge is 2.51. The van der Waals surface area contributed by atoms with Crippen molar-refractivity contribution in [3.05, 3.63) is 12.7 Å². The first kappa shape index (κ1) is 32.7. The molecule has 14 nitrogen and oxygen atoms in total. The Kier molecular flexibility index (Phi) is 14.0. The Morgan fingerprint density at radius 1 is 0.757 bits per heavy atom. The molecule has 11 atom stereocenters. The average molecular weight is 561 g/mol. The second kappa shape index (κ2) is 15.9. The molecular weight excluding hydrogens is 519 g/mol. The first-order chi connectivity index (χ1) is 17.6. The van der Waals surface area contributed by atoms with Crippen LogP contribution in [0.2, 0.25) is 0 Å². The summed E-state index contributed by atoms with van der Waals surface area (Å²) in [5.41, 5.74) is 0. The topological polar surface area (TPSA) is 225 Å². The second-order valence-corrected chi connectivity index (χ2v) is 10.5. The van der Waals surface area contributed by atoms with E-state index in [9.17, 15) is 45.2 Å². The van der Waals surface area contributed by atoms with E-state index < -0.39 is 82.4 Å². The minimum absolute atomic E-state index is 0.0852. The third kappa shape index (κ3) is 9.55. The maximum absolute atomic E-state index is 12.3. The summed E-state index contributed by atoms with van der Waals surface area (Å²) in [6.07, 6.45) is -8.69. The summed E-state index contributed by atoms with van der Waals surface area (Å²) >= 11 is 0. The Bertz CT molecular complexity index is 709. The summed E-state index contributed by atoms with van der Waals surface area (Å²) in [5, 5.41) is 69.9.